The Morgan fingerprint density at radius 1 is 1.11 bits per heavy atom. The number of fused-ring (bicyclic) bond motifs is 1. The number of piperidine rings is 1. The van der Waals surface area contributed by atoms with Gasteiger partial charge in [0, 0.05) is 30.6 Å². The average molecular weight is 482 g/mol. The zero-order valence-corrected chi connectivity index (χ0v) is 19.1. The van der Waals surface area contributed by atoms with Crippen LogP contribution in [-0.4, -0.2) is 44.1 Å². The lowest BCUT2D eigenvalue weighted by Gasteiger charge is -2.30. The molecule has 2 N–H and O–H groups in total. The Bertz CT molecular complexity index is 1410. The van der Waals surface area contributed by atoms with E-state index in [2.05, 4.69) is 20.0 Å². The van der Waals surface area contributed by atoms with E-state index in [-0.39, 0.29) is 17.9 Å². The summed E-state index contributed by atoms with van der Waals surface area (Å²) in [4.78, 5) is 21.7. The Kier molecular flexibility index (Phi) is 6.08. The normalized spacial score (nSPS) is 15.6. The molecule has 1 aliphatic heterocycles. The maximum Gasteiger partial charge on any atom is 0.387 e. The molecule has 0 saturated carbocycles. The predicted molar refractivity (Wildman–Crippen MR) is 126 cm³/mol. The van der Waals surface area contributed by atoms with Gasteiger partial charge in [-0.3, -0.25) is 14.2 Å². The molecule has 0 unspecified atom stereocenters. The maximum atomic E-state index is 12.9. The molecule has 8 nitrogen and oxygen atoms in total. The minimum atomic E-state index is -2.95. The molecule has 2 aromatic heterocycles. The van der Waals surface area contributed by atoms with Crippen LogP contribution in [0.5, 0.6) is 5.75 Å². The zero-order valence-electron chi connectivity index (χ0n) is 19.1. The van der Waals surface area contributed by atoms with Crippen molar-refractivity contribution in [2.45, 2.75) is 31.6 Å². The number of ether oxygens (including phenoxy) is 1. The molecule has 5 rings (SSSR count). The third kappa shape index (κ3) is 4.42. The van der Waals surface area contributed by atoms with Crippen LogP contribution in [0.15, 0.2) is 59.7 Å². The van der Waals surface area contributed by atoms with Crippen molar-refractivity contribution in [3.8, 4) is 16.9 Å². The lowest BCUT2D eigenvalue weighted by molar-refractivity contribution is -0.0505. The summed E-state index contributed by atoms with van der Waals surface area (Å²) in [6.45, 7) is -1.37. The molecule has 182 valence electrons. The first-order valence-corrected chi connectivity index (χ1v) is 11.3. The van der Waals surface area contributed by atoms with Gasteiger partial charge in [0.15, 0.2) is 5.82 Å². The van der Waals surface area contributed by atoms with Crippen molar-refractivity contribution in [1.82, 2.24) is 24.6 Å². The standard InChI is InChI=1S/C25H25F2N5O3/c1-31-22(33)19-7-6-16(18-13-29-23(30-14-18)25(34)8-10-28-11-9-25)12-20(19)32(31)15-17-4-2-3-5-21(17)35-24(26)27/h2-7,12-14,24,28,34H,8-11,15H2,1H3. The Balaban J connectivity index is 1.51. The second-order valence-electron chi connectivity index (χ2n) is 8.68. The van der Waals surface area contributed by atoms with Crippen LogP contribution in [0, 0.1) is 0 Å². The Hall–Kier alpha value is -3.63. The van der Waals surface area contributed by atoms with Gasteiger partial charge in [-0.15, -0.1) is 0 Å². The highest BCUT2D eigenvalue weighted by Gasteiger charge is 2.33. The van der Waals surface area contributed by atoms with Crippen LogP contribution in [0.1, 0.15) is 24.2 Å². The Labute approximate surface area is 199 Å². The predicted octanol–water partition coefficient (Wildman–Crippen LogP) is 3.02. The molecule has 0 bridgehead atoms. The van der Waals surface area contributed by atoms with Crippen molar-refractivity contribution in [2.75, 3.05) is 13.1 Å². The zero-order chi connectivity index (χ0) is 24.6. The highest BCUT2D eigenvalue weighted by Crippen LogP contribution is 2.30. The molecular weight excluding hydrogens is 456 g/mol. The topological polar surface area (TPSA) is 94.2 Å². The van der Waals surface area contributed by atoms with Gasteiger partial charge in [-0.2, -0.15) is 8.78 Å². The highest BCUT2D eigenvalue weighted by molar-refractivity contribution is 5.84. The number of hydrogen-bond acceptors (Lipinski definition) is 6. The van der Waals surface area contributed by atoms with Gasteiger partial charge in [0.05, 0.1) is 17.4 Å². The molecule has 3 heterocycles. The van der Waals surface area contributed by atoms with Crippen LogP contribution < -0.4 is 15.6 Å². The fourth-order valence-electron chi connectivity index (χ4n) is 4.53. The van der Waals surface area contributed by atoms with Gasteiger partial charge in [0.1, 0.15) is 11.4 Å². The summed E-state index contributed by atoms with van der Waals surface area (Å²) in [6.07, 6.45) is 4.43. The number of aliphatic hydroxyl groups is 1. The van der Waals surface area contributed by atoms with E-state index in [9.17, 15) is 18.7 Å². The van der Waals surface area contributed by atoms with Gasteiger partial charge in [-0.1, -0.05) is 24.3 Å². The van der Waals surface area contributed by atoms with Crippen molar-refractivity contribution in [3.05, 3.63) is 76.6 Å². The minimum absolute atomic E-state index is 0.0628. The van der Waals surface area contributed by atoms with Crippen LogP contribution in [0.25, 0.3) is 22.0 Å². The number of para-hydroxylation sites is 1. The molecule has 0 atom stereocenters. The number of rotatable bonds is 6. The molecule has 1 fully saturated rings. The van der Waals surface area contributed by atoms with Crippen molar-refractivity contribution < 1.29 is 18.6 Å². The van der Waals surface area contributed by atoms with E-state index in [1.807, 2.05) is 12.1 Å². The third-order valence-electron chi connectivity index (χ3n) is 6.50. The SMILES string of the molecule is Cn1c(=O)c2ccc(-c3cnc(C4(O)CCNCC4)nc3)cc2n1Cc1ccccc1OC(F)F. The molecule has 0 amide bonds. The molecule has 10 heteroatoms. The van der Waals surface area contributed by atoms with Gasteiger partial charge in [-0.25, -0.2) is 9.97 Å². The minimum Gasteiger partial charge on any atom is -0.434 e. The van der Waals surface area contributed by atoms with Crippen LogP contribution in [-0.2, 0) is 19.2 Å². The summed E-state index contributed by atoms with van der Waals surface area (Å²) in [6, 6.07) is 11.9. The van der Waals surface area contributed by atoms with Crippen molar-refractivity contribution in [2.24, 2.45) is 7.05 Å². The number of nitrogens with zero attached hydrogens (tertiary/aromatic N) is 4. The molecule has 0 aliphatic carbocycles. The van der Waals surface area contributed by atoms with E-state index in [1.165, 1.54) is 10.7 Å². The Morgan fingerprint density at radius 2 is 1.83 bits per heavy atom. The van der Waals surface area contributed by atoms with Gasteiger partial charge in [0.2, 0.25) is 0 Å². The average Bonchev–Trinajstić information content (AvgIpc) is 3.10. The molecule has 1 saturated heterocycles. The summed E-state index contributed by atoms with van der Waals surface area (Å²) in [5.41, 5.74) is 1.45. The quantitative estimate of drug-likeness (QED) is 0.440. The van der Waals surface area contributed by atoms with Crippen LogP contribution >= 0.6 is 0 Å². The monoisotopic (exact) mass is 481 g/mol. The summed E-state index contributed by atoms with van der Waals surface area (Å²) in [7, 11) is 1.64. The molecule has 2 aromatic carbocycles. The number of nitrogens with one attached hydrogen (secondary N) is 1. The van der Waals surface area contributed by atoms with E-state index in [0.717, 1.165) is 11.1 Å². The van der Waals surface area contributed by atoms with Crippen LogP contribution in [0.3, 0.4) is 0 Å². The molecule has 4 aromatic rings. The number of hydrogen-bond donors (Lipinski definition) is 2. The number of aromatic nitrogens is 4. The molecular formula is C25H25F2N5O3. The lowest BCUT2D eigenvalue weighted by atomic mass is 9.91. The Morgan fingerprint density at radius 3 is 2.54 bits per heavy atom. The fourth-order valence-corrected chi connectivity index (χ4v) is 4.53. The summed E-state index contributed by atoms with van der Waals surface area (Å²) >= 11 is 0. The first kappa shape index (κ1) is 23.1. The summed E-state index contributed by atoms with van der Waals surface area (Å²) in [5, 5.41) is 14.6. The fraction of sp³-hybridized carbons (Fsp3) is 0.320. The first-order chi connectivity index (χ1) is 16.9. The van der Waals surface area contributed by atoms with Gasteiger partial charge in [0.25, 0.3) is 5.56 Å². The van der Waals surface area contributed by atoms with Gasteiger partial charge >= 0.3 is 6.61 Å². The van der Waals surface area contributed by atoms with Crippen LogP contribution in [0.4, 0.5) is 8.78 Å². The third-order valence-corrected chi connectivity index (χ3v) is 6.50. The second kappa shape index (κ2) is 9.20. The largest absolute Gasteiger partial charge is 0.434 e. The van der Waals surface area contributed by atoms with Gasteiger partial charge in [-0.05, 0) is 49.7 Å². The van der Waals surface area contributed by atoms with E-state index in [4.69, 9.17) is 0 Å². The van der Waals surface area contributed by atoms with Crippen molar-refractivity contribution in [1.29, 1.82) is 0 Å². The van der Waals surface area contributed by atoms with E-state index >= 15 is 0 Å². The number of halogens is 2. The van der Waals surface area contributed by atoms with E-state index in [0.29, 0.717) is 48.2 Å². The smallest absolute Gasteiger partial charge is 0.387 e. The lowest BCUT2D eigenvalue weighted by Crippen LogP contribution is -2.40. The van der Waals surface area contributed by atoms with Crippen molar-refractivity contribution in [3.63, 3.8) is 0 Å². The van der Waals surface area contributed by atoms with Gasteiger partial charge < -0.3 is 15.2 Å². The van der Waals surface area contributed by atoms with Crippen molar-refractivity contribution >= 4 is 10.9 Å². The number of benzene rings is 2. The molecule has 35 heavy (non-hydrogen) atoms. The second-order valence-corrected chi connectivity index (χ2v) is 8.68. The van der Waals surface area contributed by atoms with E-state index in [1.54, 1.807) is 48.4 Å². The molecule has 0 radical (unpaired) electrons. The number of alkyl halides is 2. The van der Waals surface area contributed by atoms with Crippen LogP contribution in [0.2, 0.25) is 0 Å². The maximum absolute atomic E-state index is 12.9. The summed E-state index contributed by atoms with van der Waals surface area (Å²) in [5.74, 6) is 0.462. The van der Waals surface area contributed by atoms with E-state index < -0.39 is 12.2 Å². The molecule has 1 aliphatic rings. The highest BCUT2D eigenvalue weighted by atomic mass is 19.3. The first-order valence-electron chi connectivity index (χ1n) is 11.3. The summed E-state index contributed by atoms with van der Waals surface area (Å²) < 4.78 is 33.6. The molecule has 0 spiro atoms.